The Kier molecular flexibility index (Phi) is 3.79. The Balaban J connectivity index is 2.24. The quantitative estimate of drug-likeness (QED) is 0.855. The van der Waals surface area contributed by atoms with E-state index in [0.29, 0.717) is 5.69 Å². The van der Waals surface area contributed by atoms with Crippen molar-refractivity contribution in [2.45, 2.75) is 32.1 Å². The van der Waals surface area contributed by atoms with Crippen LogP contribution in [0, 0.1) is 0 Å². The topological polar surface area (TPSA) is 65.7 Å². The molecule has 2 heterocycles. The van der Waals surface area contributed by atoms with Gasteiger partial charge in [-0.15, -0.1) is 0 Å². The van der Waals surface area contributed by atoms with E-state index in [4.69, 9.17) is 0 Å². The molecule has 6 heteroatoms. The van der Waals surface area contributed by atoms with E-state index in [2.05, 4.69) is 15.9 Å². The summed E-state index contributed by atoms with van der Waals surface area (Å²) in [6.07, 6.45) is 0.167. The van der Waals surface area contributed by atoms with Crippen molar-refractivity contribution < 1.29 is 15.0 Å². The maximum Gasteiger partial charge on any atom is 0.270 e. The number of halogens is 1. The molecule has 2 N–H and O–H groups in total. The van der Waals surface area contributed by atoms with Crippen molar-refractivity contribution in [2.75, 3.05) is 13.1 Å². The molecule has 0 radical (unpaired) electrons. The first-order valence-corrected chi connectivity index (χ1v) is 6.72. The highest BCUT2D eigenvalue weighted by Crippen LogP contribution is 2.22. The van der Waals surface area contributed by atoms with Crippen LogP contribution >= 0.6 is 15.9 Å². The van der Waals surface area contributed by atoms with Gasteiger partial charge in [0.15, 0.2) is 0 Å². The van der Waals surface area contributed by atoms with Gasteiger partial charge in [-0.05, 0) is 35.8 Å². The second-order valence-electron chi connectivity index (χ2n) is 4.89. The van der Waals surface area contributed by atoms with E-state index in [9.17, 15) is 15.0 Å². The van der Waals surface area contributed by atoms with Crippen LogP contribution in [0.15, 0.2) is 16.7 Å². The van der Waals surface area contributed by atoms with Crippen molar-refractivity contribution in [3.63, 3.8) is 0 Å². The summed E-state index contributed by atoms with van der Waals surface area (Å²) in [7, 11) is 0. The van der Waals surface area contributed by atoms with Crippen LogP contribution in [-0.4, -0.2) is 50.9 Å². The molecule has 1 amide bonds. The number of rotatable bonds is 2. The molecule has 1 aromatic heterocycles. The van der Waals surface area contributed by atoms with Crippen LogP contribution in [0.5, 0.6) is 0 Å². The molecule has 0 aromatic carbocycles. The number of carbonyl (C=O) groups excluding carboxylic acids is 1. The molecule has 2 rings (SSSR count). The Morgan fingerprint density at radius 3 is 2.44 bits per heavy atom. The predicted molar refractivity (Wildman–Crippen MR) is 70.4 cm³/mol. The minimum absolute atomic E-state index is 0.162. The van der Waals surface area contributed by atoms with Crippen molar-refractivity contribution in [1.82, 2.24) is 9.47 Å². The van der Waals surface area contributed by atoms with Gasteiger partial charge in [0.2, 0.25) is 0 Å². The standard InChI is InChI=1S/C12H17BrN2O3/c1-7(2)15-4-8(13)3-9(15)12(18)14-5-10(16)11(17)6-14/h3-4,7,10-11,16-17H,5-6H2,1-2H3/t10-,11+. The zero-order valence-electron chi connectivity index (χ0n) is 10.4. The molecule has 1 aromatic rings. The monoisotopic (exact) mass is 316 g/mol. The van der Waals surface area contributed by atoms with Gasteiger partial charge >= 0.3 is 0 Å². The molecular formula is C12H17BrN2O3. The van der Waals surface area contributed by atoms with E-state index in [-0.39, 0.29) is 25.0 Å². The Hall–Kier alpha value is -0.850. The maximum absolute atomic E-state index is 12.3. The number of carbonyl (C=O) groups is 1. The van der Waals surface area contributed by atoms with Crippen LogP contribution in [0.1, 0.15) is 30.4 Å². The first kappa shape index (κ1) is 13.6. The van der Waals surface area contributed by atoms with Crippen LogP contribution < -0.4 is 0 Å². The molecule has 0 saturated carbocycles. The van der Waals surface area contributed by atoms with E-state index >= 15 is 0 Å². The van der Waals surface area contributed by atoms with E-state index in [1.54, 1.807) is 6.07 Å². The summed E-state index contributed by atoms with van der Waals surface area (Å²) in [5.41, 5.74) is 0.568. The molecule has 18 heavy (non-hydrogen) atoms. The van der Waals surface area contributed by atoms with Crippen LogP contribution in [0.3, 0.4) is 0 Å². The fourth-order valence-corrected chi connectivity index (χ4v) is 2.58. The molecular weight excluding hydrogens is 300 g/mol. The normalized spacial score (nSPS) is 24.0. The first-order chi connectivity index (χ1) is 8.40. The van der Waals surface area contributed by atoms with Gasteiger partial charge in [-0.1, -0.05) is 0 Å². The Bertz CT molecular complexity index is 448. The van der Waals surface area contributed by atoms with Gasteiger partial charge in [0.05, 0.1) is 12.2 Å². The third-order valence-corrected chi connectivity index (χ3v) is 3.57. The van der Waals surface area contributed by atoms with Crippen molar-refractivity contribution in [3.05, 3.63) is 22.4 Å². The number of aliphatic hydroxyl groups excluding tert-OH is 2. The summed E-state index contributed by atoms with van der Waals surface area (Å²) in [4.78, 5) is 13.8. The van der Waals surface area contributed by atoms with Gasteiger partial charge in [0.1, 0.15) is 5.69 Å². The van der Waals surface area contributed by atoms with Crippen molar-refractivity contribution in [1.29, 1.82) is 0 Å². The minimum Gasteiger partial charge on any atom is -0.388 e. The van der Waals surface area contributed by atoms with Crippen LogP contribution in [0.2, 0.25) is 0 Å². The van der Waals surface area contributed by atoms with Crippen LogP contribution in [-0.2, 0) is 0 Å². The number of aliphatic hydroxyl groups is 2. The first-order valence-electron chi connectivity index (χ1n) is 5.93. The average Bonchev–Trinajstić information content (AvgIpc) is 2.82. The van der Waals surface area contributed by atoms with Gasteiger partial charge < -0.3 is 19.7 Å². The van der Waals surface area contributed by atoms with Gasteiger partial charge in [0.25, 0.3) is 5.91 Å². The number of hydrogen-bond acceptors (Lipinski definition) is 3. The molecule has 1 aliphatic rings. The molecule has 100 valence electrons. The summed E-state index contributed by atoms with van der Waals surface area (Å²) in [6.45, 7) is 4.36. The van der Waals surface area contributed by atoms with Crippen LogP contribution in [0.4, 0.5) is 0 Å². The highest BCUT2D eigenvalue weighted by Gasteiger charge is 2.34. The van der Waals surface area contributed by atoms with Gasteiger partial charge in [-0.2, -0.15) is 0 Å². The molecule has 0 spiro atoms. The molecule has 0 unspecified atom stereocenters. The van der Waals surface area contributed by atoms with E-state index < -0.39 is 12.2 Å². The number of nitrogens with zero attached hydrogens (tertiary/aromatic N) is 2. The summed E-state index contributed by atoms with van der Waals surface area (Å²) < 4.78 is 2.73. The molecule has 0 aliphatic carbocycles. The fraction of sp³-hybridized carbons (Fsp3) is 0.583. The molecule has 1 aliphatic heterocycles. The Morgan fingerprint density at radius 1 is 1.39 bits per heavy atom. The summed E-state index contributed by atoms with van der Waals surface area (Å²) in [6, 6.07) is 1.94. The highest BCUT2D eigenvalue weighted by atomic mass is 79.9. The van der Waals surface area contributed by atoms with Gasteiger partial charge in [0, 0.05) is 29.8 Å². The van der Waals surface area contributed by atoms with Crippen molar-refractivity contribution in [2.24, 2.45) is 0 Å². The SMILES string of the molecule is CC(C)n1cc(Br)cc1C(=O)N1C[C@@H](O)[C@@H](O)C1. The second-order valence-corrected chi connectivity index (χ2v) is 5.81. The smallest absolute Gasteiger partial charge is 0.270 e. The molecule has 5 nitrogen and oxygen atoms in total. The lowest BCUT2D eigenvalue weighted by Gasteiger charge is -2.18. The van der Waals surface area contributed by atoms with Gasteiger partial charge in [-0.3, -0.25) is 4.79 Å². The Labute approximate surface area is 114 Å². The van der Waals surface area contributed by atoms with Crippen molar-refractivity contribution in [3.8, 4) is 0 Å². The lowest BCUT2D eigenvalue weighted by Crippen LogP contribution is -2.31. The number of likely N-dealkylation sites (tertiary alicyclic amines) is 1. The number of aromatic nitrogens is 1. The van der Waals surface area contributed by atoms with E-state index in [1.165, 1.54) is 4.90 Å². The third kappa shape index (κ3) is 2.46. The highest BCUT2D eigenvalue weighted by molar-refractivity contribution is 9.10. The number of amides is 1. The lowest BCUT2D eigenvalue weighted by atomic mass is 10.3. The molecule has 1 saturated heterocycles. The van der Waals surface area contributed by atoms with E-state index in [0.717, 1.165) is 4.47 Å². The van der Waals surface area contributed by atoms with Gasteiger partial charge in [-0.25, -0.2) is 0 Å². The average molecular weight is 317 g/mol. The van der Waals surface area contributed by atoms with E-state index in [1.807, 2.05) is 24.6 Å². The summed E-state index contributed by atoms with van der Waals surface area (Å²) >= 11 is 3.36. The van der Waals surface area contributed by atoms with Crippen molar-refractivity contribution >= 4 is 21.8 Å². The lowest BCUT2D eigenvalue weighted by molar-refractivity contribution is 0.0572. The maximum atomic E-state index is 12.3. The largest absolute Gasteiger partial charge is 0.388 e. The summed E-state index contributed by atoms with van der Waals surface area (Å²) in [5.74, 6) is -0.162. The minimum atomic E-state index is -0.847. The third-order valence-electron chi connectivity index (χ3n) is 3.14. The zero-order chi connectivity index (χ0) is 13.4. The number of hydrogen-bond donors (Lipinski definition) is 2. The molecule has 2 atom stereocenters. The number of β-amino-alcohol motifs (C(OH)–C–C–N with tert-alkyl or cyclic N) is 2. The second kappa shape index (κ2) is 5.03. The van der Waals surface area contributed by atoms with Crippen LogP contribution in [0.25, 0.3) is 0 Å². The fourth-order valence-electron chi connectivity index (χ4n) is 2.14. The molecule has 0 bridgehead atoms. The predicted octanol–water partition coefficient (Wildman–Crippen LogP) is 1.01. The zero-order valence-corrected chi connectivity index (χ0v) is 12.0. The Morgan fingerprint density at radius 2 is 1.94 bits per heavy atom. The summed E-state index contributed by atoms with van der Waals surface area (Å²) in [5, 5.41) is 19.0. The molecule has 1 fully saturated rings.